The maximum Gasteiger partial charge on any atom is 0.240 e. The van der Waals surface area contributed by atoms with E-state index in [-0.39, 0.29) is 17.4 Å². The Hall–Kier alpha value is -1.59. The monoisotopic (exact) mass is 488 g/mol. The number of hydrogen-bond donors (Lipinski definition) is 4. The molecule has 3 rings (SSSR count). The zero-order valence-electron chi connectivity index (χ0n) is 12.8. The molecule has 0 radical (unpaired) electrons. The van der Waals surface area contributed by atoms with Crippen LogP contribution in [-0.4, -0.2) is 44.2 Å². The van der Waals surface area contributed by atoms with Crippen LogP contribution in [0.2, 0.25) is 0 Å². The maximum absolute atomic E-state index is 11.6. The van der Waals surface area contributed by atoms with Gasteiger partial charge in [-0.25, -0.2) is 10.5 Å². The summed E-state index contributed by atoms with van der Waals surface area (Å²) >= 11 is 7.77. The Kier molecular flexibility index (Phi) is 5.97. The normalized spacial score (nSPS) is 14.0. The lowest BCUT2D eigenvalue weighted by atomic mass is 10.2. The van der Waals surface area contributed by atoms with Gasteiger partial charge in [-0.15, -0.1) is 5.10 Å². The van der Waals surface area contributed by atoms with Crippen LogP contribution in [0.4, 0.5) is 5.95 Å². The molecule has 11 heteroatoms. The van der Waals surface area contributed by atoms with Crippen LogP contribution in [0.15, 0.2) is 31.3 Å². The number of phenols is 1. The fourth-order valence-electron chi connectivity index (χ4n) is 1.82. The number of amides is 1. The lowest BCUT2D eigenvalue weighted by Crippen LogP contribution is -2.27. The van der Waals surface area contributed by atoms with E-state index in [0.29, 0.717) is 26.1 Å². The first-order valence-electron chi connectivity index (χ1n) is 7.33. The highest BCUT2D eigenvalue weighted by atomic mass is 79.9. The van der Waals surface area contributed by atoms with Crippen molar-refractivity contribution in [1.82, 2.24) is 20.5 Å². The number of anilines is 1. The number of benzene rings is 1. The van der Waals surface area contributed by atoms with E-state index in [0.717, 1.165) is 18.4 Å². The van der Waals surface area contributed by atoms with Crippen molar-refractivity contribution >= 4 is 61.7 Å². The van der Waals surface area contributed by atoms with Crippen LogP contribution in [0.1, 0.15) is 18.4 Å². The summed E-state index contributed by atoms with van der Waals surface area (Å²) in [4.78, 5) is 15.8. The van der Waals surface area contributed by atoms with Crippen LogP contribution in [0.5, 0.6) is 5.75 Å². The van der Waals surface area contributed by atoms with Gasteiger partial charge in [0.15, 0.2) is 0 Å². The number of aromatic hydroxyl groups is 1. The summed E-state index contributed by atoms with van der Waals surface area (Å²) in [6, 6.07) is 3.81. The summed E-state index contributed by atoms with van der Waals surface area (Å²) in [6.07, 6.45) is 3.71. The molecule has 0 aliphatic heterocycles. The van der Waals surface area contributed by atoms with Gasteiger partial charge in [0.2, 0.25) is 17.0 Å². The van der Waals surface area contributed by atoms with E-state index in [2.05, 4.69) is 62.9 Å². The third-order valence-corrected chi connectivity index (χ3v) is 5.22. The van der Waals surface area contributed by atoms with Crippen LogP contribution in [-0.2, 0) is 4.79 Å². The lowest BCUT2D eigenvalue weighted by Gasteiger charge is -2.01. The highest BCUT2D eigenvalue weighted by molar-refractivity contribution is 9.11. The number of halogens is 2. The molecule has 132 valence electrons. The number of rotatable bonds is 7. The molecular formula is C14H14Br2N6O2S. The number of phenolic OH excluding ortho intramolecular Hbond substituents is 1. The number of carbonyl (C=O) groups is 1. The number of carbonyl (C=O) groups excluding carboxylic acids is 1. The highest BCUT2D eigenvalue weighted by Crippen LogP contribution is 2.32. The molecule has 1 heterocycles. The first-order valence-corrected chi connectivity index (χ1v) is 9.90. The zero-order chi connectivity index (χ0) is 17.8. The molecule has 1 amide bonds. The van der Waals surface area contributed by atoms with E-state index in [9.17, 15) is 9.90 Å². The van der Waals surface area contributed by atoms with Gasteiger partial charge >= 0.3 is 0 Å². The molecular weight excluding hydrogens is 476 g/mol. The molecule has 1 aromatic carbocycles. The Bertz CT molecular complexity index is 785. The molecule has 1 aliphatic carbocycles. The predicted octanol–water partition coefficient (Wildman–Crippen LogP) is 2.85. The number of H-pyrrole nitrogens is 1. The molecule has 1 saturated carbocycles. The van der Waals surface area contributed by atoms with Crippen LogP contribution in [0.3, 0.4) is 0 Å². The summed E-state index contributed by atoms with van der Waals surface area (Å²) < 4.78 is 1.12. The second-order valence-corrected chi connectivity index (χ2v) is 7.95. The van der Waals surface area contributed by atoms with E-state index in [1.54, 1.807) is 18.3 Å². The Balaban J connectivity index is 1.50. The first-order chi connectivity index (χ1) is 12.0. The number of nitrogens with zero attached hydrogens (tertiary/aromatic N) is 3. The Labute approximate surface area is 164 Å². The van der Waals surface area contributed by atoms with E-state index in [4.69, 9.17) is 0 Å². The number of aromatic nitrogens is 3. The van der Waals surface area contributed by atoms with Gasteiger partial charge in [-0.1, -0.05) is 11.8 Å². The van der Waals surface area contributed by atoms with Crippen molar-refractivity contribution < 1.29 is 9.90 Å². The summed E-state index contributed by atoms with van der Waals surface area (Å²) in [6.45, 7) is 0. The van der Waals surface area contributed by atoms with Gasteiger partial charge in [-0.05, 0) is 62.4 Å². The molecule has 2 aromatic rings. The fourth-order valence-corrected chi connectivity index (χ4v) is 3.65. The van der Waals surface area contributed by atoms with Crippen molar-refractivity contribution in [2.24, 2.45) is 5.10 Å². The molecule has 8 nitrogen and oxygen atoms in total. The molecule has 1 fully saturated rings. The van der Waals surface area contributed by atoms with Gasteiger partial charge in [0.25, 0.3) is 0 Å². The number of hydrogen-bond acceptors (Lipinski definition) is 7. The summed E-state index contributed by atoms with van der Waals surface area (Å²) in [5, 5.41) is 23.8. The van der Waals surface area contributed by atoms with Crippen molar-refractivity contribution in [3.8, 4) is 5.75 Å². The molecule has 0 spiro atoms. The second-order valence-electron chi connectivity index (χ2n) is 5.30. The standard InChI is InChI=1S/C14H14Br2N6O2S/c15-9-3-7(4-10(16)12(9)24)5-17-20-13-19-14(22-21-13)25-6-11(23)18-8-1-2-8/h3-5,8,24H,1-2,6H2,(H,18,23)(H2,19,20,21,22)/b17-5-. The average molecular weight is 490 g/mol. The Morgan fingerprint density at radius 2 is 2.16 bits per heavy atom. The van der Waals surface area contributed by atoms with Crippen molar-refractivity contribution in [3.05, 3.63) is 26.6 Å². The topological polar surface area (TPSA) is 115 Å². The number of thioether (sulfide) groups is 1. The first kappa shape index (κ1) is 18.2. The quantitative estimate of drug-likeness (QED) is 0.270. The molecule has 0 unspecified atom stereocenters. The van der Waals surface area contributed by atoms with Crippen LogP contribution in [0.25, 0.3) is 0 Å². The smallest absolute Gasteiger partial charge is 0.240 e. The van der Waals surface area contributed by atoms with Crippen molar-refractivity contribution in [2.75, 3.05) is 11.2 Å². The van der Waals surface area contributed by atoms with Crippen LogP contribution < -0.4 is 10.7 Å². The molecule has 0 saturated heterocycles. The van der Waals surface area contributed by atoms with E-state index < -0.39 is 0 Å². The summed E-state index contributed by atoms with van der Waals surface area (Å²) in [5.74, 6) is 0.784. The van der Waals surface area contributed by atoms with Crippen molar-refractivity contribution in [2.45, 2.75) is 24.0 Å². The number of nitrogens with one attached hydrogen (secondary N) is 3. The van der Waals surface area contributed by atoms with Crippen molar-refractivity contribution in [1.29, 1.82) is 0 Å². The molecule has 4 N–H and O–H groups in total. The van der Waals surface area contributed by atoms with Crippen LogP contribution >= 0.6 is 43.6 Å². The summed E-state index contributed by atoms with van der Waals surface area (Å²) in [5.41, 5.74) is 3.50. The van der Waals surface area contributed by atoms with Gasteiger partial charge in [0, 0.05) is 6.04 Å². The van der Waals surface area contributed by atoms with Crippen molar-refractivity contribution in [3.63, 3.8) is 0 Å². The highest BCUT2D eigenvalue weighted by Gasteiger charge is 2.23. The Morgan fingerprint density at radius 3 is 2.84 bits per heavy atom. The third kappa shape index (κ3) is 5.44. The van der Waals surface area contributed by atoms with Gasteiger partial charge in [0.1, 0.15) is 5.75 Å². The average Bonchev–Trinajstić information content (AvgIpc) is 3.26. The SMILES string of the molecule is O=C(CSc1n[nH]c(N/N=C\c2cc(Br)c(O)c(Br)c2)n1)NC1CC1. The van der Waals surface area contributed by atoms with Gasteiger partial charge in [-0.2, -0.15) is 10.1 Å². The third-order valence-electron chi connectivity index (χ3n) is 3.16. The second kappa shape index (κ2) is 8.19. The van der Waals surface area contributed by atoms with Crippen LogP contribution in [0, 0.1) is 0 Å². The molecule has 0 atom stereocenters. The van der Waals surface area contributed by atoms with E-state index in [1.165, 1.54) is 11.8 Å². The minimum Gasteiger partial charge on any atom is -0.506 e. The largest absolute Gasteiger partial charge is 0.506 e. The lowest BCUT2D eigenvalue weighted by molar-refractivity contribution is -0.118. The minimum absolute atomic E-state index is 0.00619. The predicted molar refractivity (Wildman–Crippen MR) is 103 cm³/mol. The number of hydrazone groups is 1. The van der Waals surface area contributed by atoms with E-state index in [1.807, 2.05) is 0 Å². The Morgan fingerprint density at radius 1 is 1.44 bits per heavy atom. The number of aromatic amines is 1. The molecule has 25 heavy (non-hydrogen) atoms. The zero-order valence-corrected chi connectivity index (χ0v) is 16.8. The van der Waals surface area contributed by atoms with E-state index >= 15 is 0 Å². The summed E-state index contributed by atoms with van der Waals surface area (Å²) in [7, 11) is 0. The molecule has 1 aromatic heterocycles. The van der Waals surface area contributed by atoms with Gasteiger partial charge < -0.3 is 10.4 Å². The molecule has 1 aliphatic rings. The van der Waals surface area contributed by atoms with Gasteiger partial charge in [-0.3, -0.25) is 4.79 Å². The fraction of sp³-hybridized carbons (Fsp3) is 0.286. The van der Waals surface area contributed by atoms with Gasteiger partial charge in [0.05, 0.1) is 20.9 Å². The minimum atomic E-state index is -0.00619. The molecule has 0 bridgehead atoms. The maximum atomic E-state index is 11.6.